The van der Waals surface area contributed by atoms with Crippen molar-refractivity contribution in [2.45, 2.75) is 22.5 Å². The highest BCUT2D eigenvalue weighted by molar-refractivity contribution is 8.00. The van der Waals surface area contributed by atoms with Crippen molar-refractivity contribution in [3.63, 3.8) is 0 Å². The largest absolute Gasteiger partial charge is 0.325 e. The molecule has 132 valence electrons. The van der Waals surface area contributed by atoms with Gasteiger partial charge in [-0.2, -0.15) is 8.78 Å². The number of Topliss-reactive ketones (excluding diaryl/α,β-unsaturated/α-hetero) is 1. The van der Waals surface area contributed by atoms with Crippen molar-refractivity contribution in [1.29, 1.82) is 0 Å². The Bertz CT molecular complexity index is 767. The summed E-state index contributed by atoms with van der Waals surface area (Å²) in [4.78, 5) is 23.7. The van der Waals surface area contributed by atoms with Gasteiger partial charge in [0, 0.05) is 21.0 Å². The van der Waals surface area contributed by atoms with E-state index in [9.17, 15) is 22.8 Å². The molecule has 2 rings (SSSR count). The first kappa shape index (κ1) is 19.4. The van der Waals surface area contributed by atoms with Crippen molar-refractivity contribution >= 4 is 40.9 Å². The maximum absolute atomic E-state index is 13.9. The number of benzene rings is 2. The molecule has 0 bridgehead atoms. The summed E-state index contributed by atoms with van der Waals surface area (Å²) in [6.45, 7) is 1.35. The SMILES string of the molecule is CC(=O)c1ccc(SCC(=O)Nc2ccc(SC(F)F)cc2)c(F)c1. The lowest BCUT2D eigenvalue weighted by atomic mass is 10.1. The molecule has 0 radical (unpaired) electrons. The summed E-state index contributed by atoms with van der Waals surface area (Å²) in [5.41, 5.74) is 0.740. The molecule has 25 heavy (non-hydrogen) atoms. The van der Waals surface area contributed by atoms with Gasteiger partial charge in [-0.1, -0.05) is 17.8 Å². The molecule has 0 atom stereocenters. The smallest absolute Gasteiger partial charge is 0.288 e. The Hall–Kier alpha value is -1.93. The Kier molecular flexibility index (Phi) is 6.95. The van der Waals surface area contributed by atoms with Gasteiger partial charge < -0.3 is 5.32 Å². The lowest BCUT2D eigenvalue weighted by Crippen LogP contribution is -2.14. The average Bonchev–Trinajstić information content (AvgIpc) is 2.55. The van der Waals surface area contributed by atoms with Gasteiger partial charge in [0.15, 0.2) is 5.78 Å². The van der Waals surface area contributed by atoms with Crippen LogP contribution in [0.3, 0.4) is 0 Å². The molecule has 8 heteroatoms. The van der Waals surface area contributed by atoms with Crippen molar-refractivity contribution < 1.29 is 22.8 Å². The van der Waals surface area contributed by atoms with Crippen LogP contribution in [0.2, 0.25) is 0 Å². The Morgan fingerprint density at radius 2 is 1.80 bits per heavy atom. The fourth-order valence-corrected chi connectivity index (χ4v) is 3.12. The van der Waals surface area contributed by atoms with Crippen LogP contribution in [0.1, 0.15) is 17.3 Å². The summed E-state index contributed by atoms with van der Waals surface area (Å²) in [5.74, 6) is -3.67. The first-order valence-electron chi connectivity index (χ1n) is 7.13. The minimum absolute atomic E-state index is 0.0239. The molecule has 0 heterocycles. The third-order valence-electron chi connectivity index (χ3n) is 3.06. The third kappa shape index (κ3) is 6.13. The maximum atomic E-state index is 13.9. The number of thioether (sulfide) groups is 2. The van der Waals surface area contributed by atoms with Crippen molar-refractivity contribution in [3.05, 3.63) is 53.8 Å². The van der Waals surface area contributed by atoms with Crippen molar-refractivity contribution in [1.82, 2.24) is 0 Å². The summed E-state index contributed by atoms with van der Waals surface area (Å²) >= 11 is 1.43. The van der Waals surface area contributed by atoms with Gasteiger partial charge in [0.1, 0.15) is 5.82 Å². The van der Waals surface area contributed by atoms with E-state index < -0.39 is 11.6 Å². The number of alkyl halides is 2. The topological polar surface area (TPSA) is 46.2 Å². The summed E-state index contributed by atoms with van der Waals surface area (Å²) in [5, 5.41) is 2.61. The Morgan fingerprint density at radius 1 is 1.12 bits per heavy atom. The average molecular weight is 385 g/mol. The molecule has 0 fully saturated rings. The fourth-order valence-electron chi connectivity index (χ4n) is 1.90. The number of hydrogen-bond donors (Lipinski definition) is 1. The predicted octanol–water partition coefficient (Wildman–Crippen LogP) is 5.07. The zero-order valence-corrected chi connectivity index (χ0v) is 14.7. The Labute approximate surface area is 151 Å². The van der Waals surface area contributed by atoms with Crippen LogP contribution in [0.4, 0.5) is 18.9 Å². The molecule has 0 aromatic heterocycles. The highest BCUT2D eigenvalue weighted by Gasteiger charge is 2.10. The quantitative estimate of drug-likeness (QED) is 0.534. The number of anilines is 1. The zero-order valence-electron chi connectivity index (χ0n) is 13.1. The van der Waals surface area contributed by atoms with E-state index in [1.165, 1.54) is 43.3 Å². The van der Waals surface area contributed by atoms with Crippen LogP contribution in [0.5, 0.6) is 0 Å². The van der Waals surface area contributed by atoms with Gasteiger partial charge >= 0.3 is 0 Å². The number of carbonyl (C=O) groups is 2. The number of rotatable bonds is 7. The minimum atomic E-state index is -2.50. The molecule has 3 nitrogen and oxygen atoms in total. The molecule has 0 aliphatic heterocycles. The van der Waals surface area contributed by atoms with Crippen molar-refractivity contribution in [3.8, 4) is 0 Å². The maximum Gasteiger partial charge on any atom is 0.288 e. The van der Waals surface area contributed by atoms with Gasteiger partial charge in [-0.25, -0.2) is 4.39 Å². The van der Waals surface area contributed by atoms with Crippen molar-refractivity contribution in [2.75, 3.05) is 11.1 Å². The highest BCUT2D eigenvalue weighted by Crippen LogP contribution is 2.26. The Morgan fingerprint density at radius 3 is 2.36 bits per heavy atom. The Balaban J connectivity index is 1.89. The molecule has 0 aliphatic carbocycles. The summed E-state index contributed by atoms with van der Waals surface area (Å²) < 4.78 is 38.3. The fraction of sp³-hybridized carbons (Fsp3) is 0.176. The standard InChI is InChI=1S/C17H14F3NO2S2/c1-10(22)11-2-7-15(14(18)8-11)24-9-16(23)21-12-3-5-13(6-4-12)25-17(19)20/h2-8,17H,9H2,1H3,(H,21,23). The molecule has 1 amide bonds. The van der Waals surface area contributed by atoms with Gasteiger partial charge in [0.25, 0.3) is 5.76 Å². The van der Waals surface area contributed by atoms with E-state index in [1.807, 2.05) is 0 Å². The third-order valence-corrected chi connectivity index (χ3v) is 4.83. The molecule has 0 saturated heterocycles. The number of nitrogens with one attached hydrogen (secondary N) is 1. The molecule has 0 saturated carbocycles. The van der Waals surface area contributed by atoms with E-state index in [2.05, 4.69) is 5.32 Å². The van der Waals surface area contributed by atoms with Crippen LogP contribution in [0, 0.1) is 5.82 Å². The second kappa shape index (κ2) is 8.96. The molecule has 2 aromatic carbocycles. The summed E-state index contributed by atoms with van der Waals surface area (Å²) in [6, 6.07) is 10.1. The second-order valence-electron chi connectivity index (χ2n) is 4.94. The number of amides is 1. The van der Waals surface area contributed by atoms with Crippen LogP contribution in [-0.4, -0.2) is 23.2 Å². The van der Waals surface area contributed by atoms with E-state index in [0.29, 0.717) is 22.3 Å². The molecule has 0 spiro atoms. The lowest BCUT2D eigenvalue weighted by molar-refractivity contribution is -0.113. The molecule has 1 N–H and O–H groups in total. The van der Waals surface area contributed by atoms with Gasteiger partial charge in [-0.15, -0.1) is 11.8 Å². The summed E-state index contributed by atoms with van der Waals surface area (Å²) in [6.07, 6.45) is 0. The zero-order chi connectivity index (χ0) is 18.4. The van der Waals surface area contributed by atoms with Gasteiger partial charge in [0.2, 0.25) is 5.91 Å². The summed E-state index contributed by atoms with van der Waals surface area (Å²) in [7, 11) is 0. The van der Waals surface area contributed by atoms with Crippen LogP contribution in [0.15, 0.2) is 52.3 Å². The van der Waals surface area contributed by atoms with Crippen LogP contribution < -0.4 is 5.32 Å². The first-order chi connectivity index (χ1) is 11.8. The van der Waals surface area contributed by atoms with Crippen molar-refractivity contribution in [2.24, 2.45) is 0 Å². The molecular formula is C17H14F3NO2S2. The molecular weight excluding hydrogens is 371 g/mol. The van der Waals surface area contributed by atoms with E-state index in [0.717, 1.165) is 17.8 Å². The monoisotopic (exact) mass is 385 g/mol. The van der Waals surface area contributed by atoms with Gasteiger partial charge in [-0.3, -0.25) is 9.59 Å². The normalized spacial score (nSPS) is 10.8. The number of halogens is 3. The van der Waals surface area contributed by atoms with Crippen LogP contribution in [0.25, 0.3) is 0 Å². The lowest BCUT2D eigenvalue weighted by Gasteiger charge is -2.07. The van der Waals surface area contributed by atoms with E-state index >= 15 is 0 Å². The van der Waals surface area contributed by atoms with Gasteiger partial charge in [-0.05, 0) is 43.3 Å². The van der Waals surface area contributed by atoms with Crippen LogP contribution in [-0.2, 0) is 4.79 Å². The number of hydrogen-bond acceptors (Lipinski definition) is 4. The number of ketones is 1. The minimum Gasteiger partial charge on any atom is -0.325 e. The van der Waals surface area contributed by atoms with Gasteiger partial charge in [0.05, 0.1) is 5.75 Å². The number of carbonyl (C=O) groups excluding carboxylic acids is 2. The molecule has 2 aromatic rings. The van der Waals surface area contributed by atoms with E-state index in [1.54, 1.807) is 0 Å². The first-order valence-corrected chi connectivity index (χ1v) is 8.99. The van der Waals surface area contributed by atoms with E-state index in [4.69, 9.17) is 0 Å². The highest BCUT2D eigenvalue weighted by atomic mass is 32.2. The molecule has 0 unspecified atom stereocenters. The van der Waals surface area contributed by atoms with E-state index in [-0.39, 0.29) is 27.9 Å². The molecule has 0 aliphatic rings. The predicted molar refractivity (Wildman–Crippen MR) is 94.1 cm³/mol. The van der Waals surface area contributed by atoms with Crippen LogP contribution >= 0.6 is 23.5 Å². The second-order valence-corrected chi connectivity index (χ2v) is 7.02.